The van der Waals surface area contributed by atoms with Gasteiger partial charge < -0.3 is 5.11 Å². The van der Waals surface area contributed by atoms with Crippen LogP contribution in [0.5, 0.6) is 0 Å². The van der Waals surface area contributed by atoms with Crippen molar-refractivity contribution in [2.24, 2.45) is 0 Å². The first kappa shape index (κ1) is 14.0. The summed E-state index contributed by atoms with van der Waals surface area (Å²) in [6, 6.07) is 2.93. The van der Waals surface area contributed by atoms with Crippen molar-refractivity contribution in [1.82, 2.24) is 9.71 Å². The maximum Gasteiger partial charge on any atom is 0.354 e. The fourth-order valence-corrected chi connectivity index (χ4v) is 3.71. The van der Waals surface area contributed by atoms with E-state index in [1.807, 2.05) is 0 Å². The maximum atomic E-state index is 12.0. The molecule has 1 fully saturated rings. The van der Waals surface area contributed by atoms with Crippen LogP contribution in [0.4, 0.5) is 0 Å². The molecule has 1 heterocycles. The van der Waals surface area contributed by atoms with E-state index in [1.54, 1.807) is 6.07 Å². The topological polar surface area (TPSA) is 96.4 Å². The van der Waals surface area contributed by atoms with Crippen LogP contribution in [0.3, 0.4) is 0 Å². The first-order valence-corrected chi connectivity index (χ1v) is 7.70. The Kier molecular flexibility index (Phi) is 4.16. The summed E-state index contributed by atoms with van der Waals surface area (Å²) in [6.45, 7) is 0.145. The average molecular weight is 284 g/mol. The Balaban J connectivity index is 1.96. The van der Waals surface area contributed by atoms with Gasteiger partial charge in [0.25, 0.3) is 0 Å². The molecule has 7 heteroatoms. The molecular weight excluding hydrogens is 268 g/mol. The van der Waals surface area contributed by atoms with Crippen molar-refractivity contribution in [2.45, 2.75) is 37.5 Å². The van der Waals surface area contributed by atoms with Gasteiger partial charge in [0.15, 0.2) is 0 Å². The van der Waals surface area contributed by atoms with Crippen molar-refractivity contribution in [2.75, 3.05) is 0 Å². The molecule has 2 rings (SSSR count). The summed E-state index contributed by atoms with van der Waals surface area (Å²) in [5.41, 5.74) is 0.592. The van der Waals surface area contributed by atoms with Gasteiger partial charge in [-0.15, -0.1) is 0 Å². The van der Waals surface area contributed by atoms with Crippen LogP contribution in [-0.4, -0.2) is 29.7 Å². The van der Waals surface area contributed by atoms with Crippen LogP contribution >= 0.6 is 0 Å². The smallest absolute Gasteiger partial charge is 0.354 e. The molecule has 0 atom stereocenters. The summed E-state index contributed by atoms with van der Waals surface area (Å²) in [7, 11) is -3.28. The number of rotatable bonds is 5. The van der Waals surface area contributed by atoms with Gasteiger partial charge in [-0.05, 0) is 24.5 Å². The standard InChI is InChI=1S/C12H16N2O4S/c15-12(16)11-6-5-9(7-13-11)8-14-19(17,18)10-3-1-2-4-10/h5-7,10,14H,1-4,8H2,(H,15,16). The summed E-state index contributed by atoms with van der Waals surface area (Å²) < 4.78 is 26.5. The summed E-state index contributed by atoms with van der Waals surface area (Å²) >= 11 is 0. The predicted molar refractivity (Wildman–Crippen MR) is 69.2 cm³/mol. The second kappa shape index (κ2) is 5.66. The van der Waals surface area contributed by atoms with Gasteiger partial charge in [-0.2, -0.15) is 0 Å². The van der Waals surface area contributed by atoms with E-state index in [1.165, 1.54) is 12.3 Å². The van der Waals surface area contributed by atoms with Crippen molar-refractivity contribution >= 4 is 16.0 Å². The molecule has 0 spiro atoms. The lowest BCUT2D eigenvalue weighted by molar-refractivity contribution is 0.0690. The monoisotopic (exact) mass is 284 g/mol. The number of aromatic nitrogens is 1. The largest absolute Gasteiger partial charge is 0.477 e. The number of pyridine rings is 1. The Hall–Kier alpha value is -1.47. The van der Waals surface area contributed by atoms with Crippen LogP contribution in [-0.2, 0) is 16.6 Å². The highest BCUT2D eigenvalue weighted by Gasteiger charge is 2.28. The van der Waals surface area contributed by atoms with Crippen LogP contribution in [0, 0.1) is 0 Å². The number of carboxylic acid groups (broad SMARTS) is 1. The number of aromatic carboxylic acids is 1. The van der Waals surface area contributed by atoms with Crippen LogP contribution in [0.2, 0.25) is 0 Å². The van der Waals surface area contributed by atoms with Crippen LogP contribution in [0.25, 0.3) is 0 Å². The van der Waals surface area contributed by atoms with E-state index < -0.39 is 16.0 Å². The zero-order chi connectivity index (χ0) is 13.9. The van der Waals surface area contributed by atoms with Gasteiger partial charge in [0, 0.05) is 12.7 Å². The lowest BCUT2D eigenvalue weighted by Gasteiger charge is -2.12. The minimum atomic E-state index is -3.28. The molecule has 104 valence electrons. The number of nitrogens with zero attached hydrogens (tertiary/aromatic N) is 1. The molecule has 0 unspecified atom stereocenters. The van der Waals surface area contributed by atoms with Crippen molar-refractivity contribution in [3.8, 4) is 0 Å². The van der Waals surface area contributed by atoms with Gasteiger partial charge in [0.05, 0.1) is 5.25 Å². The molecule has 0 aromatic carbocycles. The number of carboxylic acids is 1. The highest BCUT2D eigenvalue weighted by molar-refractivity contribution is 7.90. The van der Waals surface area contributed by atoms with Gasteiger partial charge in [-0.1, -0.05) is 18.9 Å². The Morgan fingerprint density at radius 3 is 2.58 bits per heavy atom. The van der Waals surface area contributed by atoms with Crippen molar-refractivity contribution < 1.29 is 18.3 Å². The molecule has 0 bridgehead atoms. The SMILES string of the molecule is O=C(O)c1ccc(CNS(=O)(=O)C2CCCC2)cn1. The van der Waals surface area contributed by atoms with E-state index in [-0.39, 0.29) is 17.5 Å². The zero-order valence-corrected chi connectivity index (χ0v) is 11.2. The molecule has 0 radical (unpaired) electrons. The normalized spacial score (nSPS) is 16.6. The van der Waals surface area contributed by atoms with Gasteiger partial charge in [-0.3, -0.25) is 0 Å². The summed E-state index contributed by atoms with van der Waals surface area (Å²) in [4.78, 5) is 14.4. The zero-order valence-electron chi connectivity index (χ0n) is 10.4. The first-order valence-electron chi connectivity index (χ1n) is 6.16. The number of sulfonamides is 1. The van der Waals surface area contributed by atoms with E-state index in [0.29, 0.717) is 18.4 Å². The molecule has 1 aliphatic carbocycles. The molecule has 19 heavy (non-hydrogen) atoms. The fourth-order valence-electron chi connectivity index (χ4n) is 2.16. The minimum absolute atomic E-state index is 0.0533. The second-order valence-electron chi connectivity index (χ2n) is 4.63. The van der Waals surface area contributed by atoms with Crippen molar-refractivity contribution in [3.05, 3.63) is 29.6 Å². The third-order valence-electron chi connectivity index (χ3n) is 3.26. The molecule has 1 aromatic heterocycles. The van der Waals surface area contributed by atoms with Crippen LogP contribution < -0.4 is 4.72 Å². The number of carbonyl (C=O) groups is 1. The summed E-state index contributed by atoms with van der Waals surface area (Å²) in [6.07, 6.45) is 4.72. The predicted octanol–water partition coefficient (Wildman–Crippen LogP) is 1.14. The summed E-state index contributed by atoms with van der Waals surface area (Å²) in [5, 5.41) is 8.41. The molecule has 0 saturated heterocycles. The third-order valence-corrected chi connectivity index (χ3v) is 5.16. The molecular formula is C12H16N2O4S. The second-order valence-corrected chi connectivity index (χ2v) is 6.67. The highest BCUT2D eigenvalue weighted by Crippen LogP contribution is 2.24. The number of hydrogen-bond acceptors (Lipinski definition) is 4. The Morgan fingerprint density at radius 1 is 1.37 bits per heavy atom. The highest BCUT2D eigenvalue weighted by atomic mass is 32.2. The van der Waals surface area contributed by atoms with E-state index in [2.05, 4.69) is 9.71 Å². The lowest BCUT2D eigenvalue weighted by Crippen LogP contribution is -2.32. The Bertz CT molecular complexity index is 548. The molecule has 1 saturated carbocycles. The van der Waals surface area contributed by atoms with Crippen molar-refractivity contribution in [1.29, 1.82) is 0 Å². The molecule has 1 aromatic rings. The quantitative estimate of drug-likeness (QED) is 0.845. The molecule has 0 aliphatic heterocycles. The molecule has 2 N–H and O–H groups in total. The fraction of sp³-hybridized carbons (Fsp3) is 0.500. The van der Waals surface area contributed by atoms with Crippen LogP contribution in [0.15, 0.2) is 18.3 Å². The maximum absolute atomic E-state index is 12.0. The third kappa shape index (κ3) is 3.51. The number of nitrogens with one attached hydrogen (secondary N) is 1. The van der Waals surface area contributed by atoms with Gasteiger partial charge in [0.1, 0.15) is 5.69 Å². The number of hydrogen-bond donors (Lipinski definition) is 2. The molecule has 1 aliphatic rings. The van der Waals surface area contributed by atoms with Gasteiger partial charge in [-0.25, -0.2) is 22.9 Å². The Labute approximate surface area is 111 Å². The van der Waals surface area contributed by atoms with E-state index in [9.17, 15) is 13.2 Å². The van der Waals surface area contributed by atoms with E-state index in [0.717, 1.165) is 12.8 Å². The summed E-state index contributed by atoms with van der Waals surface area (Å²) in [5.74, 6) is -1.10. The first-order chi connectivity index (χ1) is 8.99. The van der Waals surface area contributed by atoms with Crippen molar-refractivity contribution in [3.63, 3.8) is 0 Å². The average Bonchev–Trinajstić information content (AvgIpc) is 2.91. The molecule has 6 nitrogen and oxygen atoms in total. The van der Waals surface area contributed by atoms with Crippen LogP contribution in [0.1, 0.15) is 41.7 Å². The molecule has 0 amide bonds. The van der Waals surface area contributed by atoms with E-state index in [4.69, 9.17) is 5.11 Å². The van der Waals surface area contributed by atoms with Gasteiger partial charge in [0.2, 0.25) is 10.0 Å². The minimum Gasteiger partial charge on any atom is -0.477 e. The van der Waals surface area contributed by atoms with E-state index >= 15 is 0 Å². The Morgan fingerprint density at radius 2 is 2.05 bits per heavy atom. The van der Waals surface area contributed by atoms with Gasteiger partial charge >= 0.3 is 5.97 Å². The lowest BCUT2D eigenvalue weighted by atomic mass is 10.2.